The van der Waals surface area contributed by atoms with Gasteiger partial charge in [0.15, 0.2) is 9.84 Å². The first-order valence-electron chi connectivity index (χ1n) is 7.74. The Morgan fingerprint density at radius 2 is 2.08 bits per heavy atom. The molecule has 2 heterocycles. The van der Waals surface area contributed by atoms with E-state index in [1.807, 2.05) is 42.8 Å². The molecule has 1 unspecified atom stereocenters. The van der Waals surface area contributed by atoms with Crippen LogP contribution in [0.25, 0.3) is 5.69 Å². The molecule has 128 valence electrons. The number of carbonyl (C=O) groups is 1. The summed E-state index contributed by atoms with van der Waals surface area (Å²) in [5, 5.41) is 9.87. The summed E-state index contributed by atoms with van der Waals surface area (Å²) in [7, 11) is -3.01. The number of sulfone groups is 1. The summed E-state index contributed by atoms with van der Waals surface area (Å²) in [5.74, 6) is 0.136. The number of carbonyl (C=O) groups excluding carboxylic acids is 1. The van der Waals surface area contributed by atoms with E-state index in [9.17, 15) is 13.2 Å². The highest BCUT2D eigenvalue weighted by Gasteiger charge is 2.28. The van der Waals surface area contributed by atoms with E-state index in [2.05, 4.69) is 15.7 Å². The lowest BCUT2D eigenvalue weighted by molar-refractivity contribution is 0.249. The highest BCUT2D eigenvalue weighted by Crippen LogP contribution is 2.17. The summed E-state index contributed by atoms with van der Waals surface area (Å²) in [6, 6.07) is 8.60. The van der Waals surface area contributed by atoms with E-state index >= 15 is 0 Å². The minimum Gasteiger partial charge on any atom is -0.334 e. The Labute approximate surface area is 141 Å². The van der Waals surface area contributed by atoms with Crippen molar-refractivity contribution in [3.63, 3.8) is 0 Å². The zero-order chi connectivity index (χ0) is 17.3. The average molecular weight is 348 g/mol. The fraction of sp³-hybridized carbons (Fsp3) is 0.375. The lowest BCUT2D eigenvalue weighted by Crippen LogP contribution is -2.38. The second-order valence-electron chi connectivity index (χ2n) is 6.09. The summed E-state index contributed by atoms with van der Waals surface area (Å²) in [6.07, 6.45) is 0.460. The van der Waals surface area contributed by atoms with E-state index in [1.165, 1.54) is 0 Å². The first kappa shape index (κ1) is 16.5. The monoisotopic (exact) mass is 348 g/mol. The third-order valence-corrected chi connectivity index (χ3v) is 5.69. The Morgan fingerprint density at radius 1 is 1.29 bits per heavy atom. The minimum absolute atomic E-state index is 0.00617. The van der Waals surface area contributed by atoms with Gasteiger partial charge in [0.05, 0.1) is 22.9 Å². The zero-order valence-electron chi connectivity index (χ0n) is 13.6. The van der Waals surface area contributed by atoms with Gasteiger partial charge in [0, 0.05) is 17.4 Å². The predicted octanol–water partition coefficient (Wildman–Crippen LogP) is 1.80. The molecule has 7 nitrogen and oxygen atoms in total. The van der Waals surface area contributed by atoms with Gasteiger partial charge in [-0.3, -0.25) is 0 Å². The van der Waals surface area contributed by atoms with Crippen LogP contribution in [0.15, 0.2) is 30.3 Å². The van der Waals surface area contributed by atoms with Crippen LogP contribution in [0, 0.1) is 13.8 Å². The van der Waals surface area contributed by atoms with Crippen LogP contribution >= 0.6 is 0 Å². The van der Waals surface area contributed by atoms with Crippen molar-refractivity contribution in [2.24, 2.45) is 0 Å². The lowest BCUT2D eigenvalue weighted by Gasteiger charge is -2.13. The number of aromatic nitrogens is 2. The van der Waals surface area contributed by atoms with Crippen molar-refractivity contribution in [3.8, 4) is 5.69 Å². The van der Waals surface area contributed by atoms with Gasteiger partial charge in [-0.1, -0.05) is 6.07 Å². The summed E-state index contributed by atoms with van der Waals surface area (Å²) in [4.78, 5) is 12.1. The molecule has 1 aromatic carbocycles. The Morgan fingerprint density at radius 3 is 2.71 bits per heavy atom. The summed E-state index contributed by atoms with van der Waals surface area (Å²) >= 11 is 0. The highest BCUT2D eigenvalue weighted by atomic mass is 32.2. The summed E-state index contributed by atoms with van der Waals surface area (Å²) < 4.78 is 24.7. The van der Waals surface area contributed by atoms with Crippen molar-refractivity contribution in [2.45, 2.75) is 26.3 Å². The van der Waals surface area contributed by atoms with Crippen LogP contribution in [0.3, 0.4) is 0 Å². The van der Waals surface area contributed by atoms with Gasteiger partial charge < -0.3 is 10.6 Å². The second-order valence-corrected chi connectivity index (χ2v) is 8.32. The van der Waals surface area contributed by atoms with Crippen LogP contribution < -0.4 is 10.6 Å². The van der Waals surface area contributed by atoms with Gasteiger partial charge in [-0.25, -0.2) is 17.9 Å². The molecule has 1 atom stereocenters. The molecule has 2 amide bonds. The highest BCUT2D eigenvalue weighted by molar-refractivity contribution is 7.91. The van der Waals surface area contributed by atoms with Crippen molar-refractivity contribution >= 4 is 21.6 Å². The molecular formula is C16H20N4O3S. The van der Waals surface area contributed by atoms with Crippen LogP contribution in [0.2, 0.25) is 0 Å². The van der Waals surface area contributed by atoms with Crippen molar-refractivity contribution in [3.05, 3.63) is 41.7 Å². The molecule has 1 aliphatic rings. The SMILES string of the molecule is Cc1cc(C)n(-c2cccc(NC(=O)NC3CCS(=O)(=O)C3)c2)n1. The van der Waals surface area contributed by atoms with Gasteiger partial charge in [0.2, 0.25) is 0 Å². The number of urea groups is 1. The number of hydrogen-bond acceptors (Lipinski definition) is 4. The normalized spacial score (nSPS) is 19.2. The summed E-state index contributed by atoms with van der Waals surface area (Å²) in [5.41, 5.74) is 3.40. The van der Waals surface area contributed by atoms with Crippen LogP contribution in [0.1, 0.15) is 17.8 Å². The number of rotatable bonds is 3. The molecule has 0 spiro atoms. The van der Waals surface area contributed by atoms with Gasteiger partial charge in [0.25, 0.3) is 0 Å². The molecule has 0 bridgehead atoms. The topological polar surface area (TPSA) is 93.1 Å². The maximum absolute atomic E-state index is 12.1. The number of anilines is 1. The van der Waals surface area contributed by atoms with Crippen molar-refractivity contribution < 1.29 is 13.2 Å². The second kappa shape index (κ2) is 6.27. The molecular weight excluding hydrogens is 328 g/mol. The summed E-state index contributed by atoms with van der Waals surface area (Å²) in [6.45, 7) is 3.89. The molecule has 0 saturated carbocycles. The Kier molecular flexibility index (Phi) is 4.31. The van der Waals surface area contributed by atoms with E-state index in [-0.39, 0.29) is 17.5 Å². The van der Waals surface area contributed by atoms with E-state index in [0.29, 0.717) is 12.1 Å². The molecule has 1 aromatic heterocycles. The molecule has 1 saturated heterocycles. The quantitative estimate of drug-likeness (QED) is 0.884. The average Bonchev–Trinajstić information content (AvgIpc) is 3.00. The fourth-order valence-electron chi connectivity index (χ4n) is 2.87. The Balaban J connectivity index is 1.68. The Bertz CT molecular complexity index is 873. The van der Waals surface area contributed by atoms with Crippen molar-refractivity contribution in [1.29, 1.82) is 0 Å². The number of hydrogen-bond donors (Lipinski definition) is 2. The smallest absolute Gasteiger partial charge is 0.319 e. The number of nitrogens with one attached hydrogen (secondary N) is 2. The van der Waals surface area contributed by atoms with E-state index in [0.717, 1.165) is 17.1 Å². The third kappa shape index (κ3) is 3.76. The first-order valence-corrected chi connectivity index (χ1v) is 9.56. The molecule has 0 aliphatic carbocycles. The number of nitrogens with zero attached hydrogens (tertiary/aromatic N) is 2. The molecule has 1 aliphatic heterocycles. The molecule has 24 heavy (non-hydrogen) atoms. The van der Waals surface area contributed by atoms with Crippen molar-refractivity contribution in [1.82, 2.24) is 15.1 Å². The van der Waals surface area contributed by atoms with Crippen molar-refractivity contribution in [2.75, 3.05) is 16.8 Å². The van der Waals surface area contributed by atoms with E-state index < -0.39 is 15.9 Å². The molecule has 2 N–H and O–H groups in total. The molecule has 0 radical (unpaired) electrons. The minimum atomic E-state index is -3.01. The lowest BCUT2D eigenvalue weighted by atomic mass is 10.2. The maximum Gasteiger partial charge on any atom is 0.319 e. The van der Waals surface area contributed by atoms with E-state index in [1.54, 1.807) is 6.07 Å². The van der Waals surface area contributed by atoms with Crippen LogP contribution in [-0.2, 0) is 9.84 Å². The van der Waals surface area contributed by atoms with Crippen LogP contribution in [0.4, 0.5) is 10.5 Å². The molecule has 1 fully saturated rings. The van der Waals surface area contributed by atoms with Gasteiger partial charge in [-0.2, -0.15) is 5.10 Å². The fourth-order valence-corrected chi connectivity index (χ4v) is 4.54. The molecule has 8 heteroatoms. The van der Waals surface area contributed by atoms with Gasteiger partial charge in [-0.15, -0.1) is 0 Å². The molecule has 2 aromatic rings. The van der Waals surface area contributed by atoms with Gasteiger partial charge >= 0.3 is 6.03 Å². The largest absolute Gasteiger partial charge is 0.334 e. The predicted molar refractivity (Wildman–Crippen MR) is 92.3 cm³/mol. The number of aryl methyl sites for hydroxylation is 2. The van der Waals surface area contributed by atoms with Gasteiger partial charge in [-0.05, 0) is 44.5 Å². The van der Waals surface area contributed by atoms with Crippen LogP contribution in [0.5, 0.6) is 0 Å². The van der Waals surface area contributed by atoms with Gasteiger partial charge in [0.1, 0.15) is 0 Å². The maximum atomic E-state index is 12.1. The third-order valence-electron chi connectivity index (χ3n) is 3.93. The van der Waals surface area contributed by atoms with Crippen LogP contribution in [-0.4, -0.2) is 41.8 Å². The zero-order valence-corrected chi connectivity index (χ0v) is 14.4. The first-order chi connectivity index (χ1) is 11.3. The van der Waals surface area contributed by atoms with E-state index in [4.69, 9.17) is 0 Å². The number of benzene rings is 1. The Hall–Kier alpha value is -2.35. The number of amides is 2. The molecule has 3 rings (SSSR count). The standard InChI is InChI=1S/C16H20N4O3S/c1-11-8-12(2)20(19-11)15-5-3-4-13(9-15)17-16(21)18-14-6-7-24(22,23)10-14/h3-5,8-9,14H,6-7,10H2,1-2H3,(H2,17,18,21).